The molecule has 0 atom stereocenters. The van der Waals surface area contributed by atoms with Crippen molar-refractivity contribution in [2.45, 2.75) is 0 Å². The number of ether oxygens (including phenoxy) is 1. The Hall–Kier alpha value is -2.89. The summed E-state index contributed by atoms with van der Waals surface area (Å²) >= 11 is 0. The Kier molecular flexibility index (Phi) is 3.27. The smallest absolute Gasteiger partial charge is 0.262 e. The summed E-state index contributed by atoms with van der Waals surface area (Å²) in [5.74, 6) is -0.606. The summed E-state index contributed by atoms with van der Waals surface area (Å²) in [4.78, 5) is 23.5. The highest BCUT2D eigenvalue weighted by Crippen LogP contribution is 2.34. The van der Waals surface area contributed by atoms with Crippen LogP contribution < -0.4 is 15.4 Å². The first-order chi connectivity index (χ1) is 10.1. The van der Waals surface area contributed by atoms with E-state index in [0.29, 0.717) is 22.7 Å². The van der Waals surface area contributed by atoms with Gasteiger partial charge in [0.25, 0.3) is 11.8 Å². The van der Waals surface area contributed by atoms with E-state index in [4.69, 9.17) is 4.74 Å². The number of halogens is 1. The fraction of sp³-hybridized carbons (Fsp3) is 0.0667. The predicted molar refractivity (Wildman–Crippen MR) is 74.9 cm³/mol. The van der Waals surface area contributed by atoms with Crippen molar-refractivity contribution in [2.24, 2.45) is 0 Å². The van der Waals surface area contributed by atoms with Gasteiger partial charge in [-0.25, -0.2) is 4.39 Å². The lowest BCUT2D eigenvalue weighted by Crippen LogP contribution is -2.26. The van der Waals surface area contributed by atoms with Crippen molar-refractivity contribution in [2.75, 3.05) is 17.2 Å². The standard InChI is InChI=1S/C15H11FN2O3/c16-10-6-4-9(5-7-10)15(20)17-11-2-1-3-12-14(11)18-13(19)8-21-12/h1-7H,8H2,(H,17,20)(H,18,19). The summed E-state index contributed by atoms with van der Waals surface area (Å²) in [5, 5.41) is 5.33. The van der Waals surface area contributed by atoms with Crippen molar-refractivity contribution in [1.82, 2.24) is 0 Å². The zero-order valence-electron chi connectivity index (χ0n) is 10.9. The van der Waals surface area contributed by atoms with Gasteiger partial charge in [-0.05, 0) is 36.4 Å². The van der Waals surface area contributed by atoms with Crippen molar-refractivity contribution in [3.63, 3.8) is 0 Å². The van der Waals surface area contributed by atoms with Gasteiger partial charge in [0.15, 0.2) is 6.61 Å². The molecule has 0 aliphatic carbocycles. The molecule has 2 amide bonds. The second kappa shape index (κ2) is 5.24. The number of benzene rings is 2. The average Bonchev–Trinajstić information content (AvgIpc) is 2.48. The van der Waals surface area contributed by atoms with Gasteiger partial charge in [0.05, 0.1) is 5.69 Å². The molecule has 0 saturated carbocycles. The lowest BCUT2D eigenvalue weighted by molar-refractivity contribution is -0.118. The van der Waals surface area contributed by atoms with Crippen LogP contribution in [0.25, 0.3) is 0 Å². The lowest BCUT2D eigenvalue weighted by Gasteiger charge is -2.20. The van der Waals surface area contributed by atoms with Gasteiger partial charge >= 0.3 is 0 Å². The molecule has 1 aliphatic rings. The third-order valence-corrected chi connectivity index (χ3v) is 3.00. The minimum atomic E-state index is -0.413. The highest BCUT2D eigenvalue weighted by Gasteiger charge is 2.20. The second-order valence-electron chi connectivity index (χ2n) is 4.48. The Morgan fingerprint density at radius 2 is 1.95 bits per heavy atom. The minimum absolute atomic E-state index is 0.0532. The third-order valence-electron chi connectivity index (χ3n) is 3.00. The molecular formula is C15H11FN2O3. The Bertz CT molecular complexity index is 713. The van der Waals surface area contributed by atoms with E-state index in [1.165, 1.54) is 24.3 Å². The number of nitrogens with one attached hydrogen (secondary N) is 2. The van der Waals surface area contributed by atoms with Crippen LogP contribution in [-0.2, 0) is 4.79 Å². The lowest BCUT2D eigenvalue weighted by atomic mass is 10.2. The molecule has 0 bridgehead atoms. The molecule has 0 saturated heterocycles. The molecule has 0 spiro atoms. The number of rotatable bonds is 2. The van der Waals surface area contributed by atoms with E-state index < -0.39 is 11.7 Å². The summed E-state index contributed by atoms with van der Waals surface area (Å²) < 4.78 is 18.1. The molecule has 0 aromatic heterocycles. The second-order valence-corrected chi connectivity index (χ2v) is 4.48. The first kappa shape index (κ1) is 13.1. The van der Waals surface area contributed by atoms with Gasteiger partial charge in [-0.2, -0.15) is 0 Å². The van der Waals surface area contributed by atoms with Crippen molar-refractivity contribution >= 4 is 23.2 Å². The highest BCUT2D eigenvalue weighted by atomic mass is 19.1. The van der Waals surface area contributed by atoms with Crippen molar-refractivity contribution < 1.29 is 18.7 Å². The van der Waals surface area contributed by atoms with Crippen LogP contribution in [0, 0.1) is 5.82 Å². The van der Waals surface area contributed by atoms with E-state index in [1.807, 2.05) is 0 Å². The number of para-hydroxylation sites is 1. The first-order valence-corrected chi connectivity index (χ1v) is 6.26. The zero-order chi connectivity index (χ0) is 14.8. The van der Waals surface area contributed by atoms with Crippen LogP contribution in [0.3, 0.4) is 0 Å². The van der Waals surface area contributed by atoms with E-state index in [1.54, 1.807) is 18.2 Å². The van der Waals surface area contributed by atoms with E-state index in [2.05, 4.69) is 10.6 Å². The monoisotopic (exact) mass is 286 g/mol. The summed E-state index contributed by atoms with van der Waals surface area (Å²) in [5.41, 5.74) is 1.16. The Morgan fingerprint density at radius 1 is 1.19 bits per heavy atom. The number of amides is 2. The summed E-state index contributed by atoms with van der Waals surface area (Å²) in [6.07, 6.45) is 0. The number of carbonyl (C=O) groups is 2. The summed E-state index contributed by atoms with van der Waals surface area (Å²) in [6, 6.07) is 10.2. The molecule has 6 heteroatoms. The fourth-order valence-corrected chi connectivity index (χ4v) is 2.00. The molecule has 106 valence electrons. The quantitative estimate of drug-likeness (QED) is 0.891. The van der Waals surface area contributed by atoms with Crippen LogP contribution in [0.2, 0.25) is 0 Å². The third kappa shape index (κ3) is 2.69. The summed E-state index contributed by atoms with van der Waals surface area (Å²) in [7, 11) is 0. The number of anilines is 2. The minimum Gasteiger partial charge on any atom is -0.481 e. The molecule has 21 heavy (non-hydrogen) atoms. The topological polar surface area (TPSA) is 67.4 Å². The van der Waals surface area contributed by atoms with Crippen LogP contribution in [0.4, 0.5) is 15.8 Å². The van der Waals surface area contributed by atoms with Crippen molar-refractivity contribution in [3.8, 4) is 5.75 Å². The average molecular weight is 286 g/mol. The first-order valence-electron chi connectivity index (χ1n) is 6.26. The van der Waals surface area contributed by atoms with Gasteiger partial charge in [-0.1, -0.05) is 6.07 Å². The SMILES string of the molecule is O=C1COc2cccc(NC(=O)c3ccc(F)cc3)c2N1. The molecule has 5 nitrogen and oxygen atoms in total. The highest BCUT2D eigenvalue weighted by molar-refractivity contribution is 6.08. The normalized spacial score (nSPS) is 12.9. The van der Waals surface area contributed by atoms with E-state index >= 15 is 0 Å². The van der Waals surface area contributed by atoms with Crippen LogP contribution >= 0.6 is 0 Å². The van der Waals surface area contributed by atoms with Gasteiger partial charge in [0, 0.05) is 5.56 Å². The number of hydrogen-bond acceptors (Lipinski definition) is 3. The van der Waals surface area contributed by atoms with Crippen LogP contribution in [0.15, 0.2) is 42.5 Å². The molecule has 1 aliphatic heterocycles. The molecule has 2 aromatic rings. The van der Waals surface area contributed by atoms with Crippen molar-refractivity contribution in [1.29, 1.82) is 0 Å². The molecule has 3 rings (SSSR count). The van der Waals surface area contributed by atoms with Crippen LogP contribution in [-0.4, -0.2) is 18.4 Å². The molecule has 1 heterocycles. The van der Waals surface area contributed by atoms with Crippen molar-refractivity contribution in [3.05, 3.63) is 53.8 Å². The zero-order valence-corrected chi connectivity index (χ0v) is 10.9. The maximum absolute atomic E-state index is 12.8. The Labute approximate surface area is 119 Å². The number of hydrogen-bond donors (Lipinski definition) is 2. The molecule has 2 aromatic carbocycles. The maximum Gasteiger partial charge on any atom is 0.262 e. The number of fused-ring (bicyclic) bond motifs is 1. The van der Waals surface area contributed by atoms with Crippen LogP contribution in [0.1, 0.15) is 10.4 Å². The largest absolute Gasteiger partial charge is 0.481 e. The molecule has 2 N–H and O–H groups in total. The van der Waals surface area contributed by atoms with Gasteiger partial charge < -0.3 is 15.4 Å². The Balaban J connectivity index is 1.87. The number of carbonyl (C=O) groups excluding carboxylic acids is 2. The summed E-state index contributed by atoms with van der Waals surface area (Å²) in [6.45, 7) is -0.0532. The van der Waals surface area contributed by atoms with Gasteiger partial charge in [0.2, 0.25) is 0 Å². The van der Waals surface area contributed by atoms with E-state index in [0.717, 1.165) is 0 Å². The van der Waals surface area contributed by atoms with Crippen LogP contribution in [0.5, 0.6) is 5.75 Å². The molecule has 0 unspecified atom stereocenters. The maximum atomic E-state index is 12.8. The van der Waals surface area contributed by atoms with Gasteiger partial charge in [0.1, 0.15) is 17.3 Å². The van der Waals surface area contributed by atoms with E-state index in [-0.39, 0.29) is 12.5 Å². The predicted octanol–water partition coefficient (Wildman–Crippen LogP) is 2.41. The van der Waals surface area contributed by atoms with E-state index in [9.17, 15) is 14.0 Å². The molecular weight excluding hydrogens is 275 g/mol. The Morgan fingerprint density at radius 3 is 2.71 bits per heavy atom. The van der Waals surface area contributed by atoms with Gasteiger partial charge in [-0.3, -0.25) is 9.59 Å². The van der Waals surface area contributed by atoms with Gasteiger partial charge in [-0.15, -0.1) is 0 Å². The fourth-order valence-electron chi connectivity index (χ4n) is 2.00. The molecule has 0 fully saturated rings. The molecule has 0 radical (unpaired) electrons.